The fraction of sp³-hybridized carbons (Fsp3) is 0.556. The van der Waals surface area contributed by atoms with Crippen molar-refractivity contribution < 1.29 is 19.1 Å². The van der Waals surface area contributed by atoms with Crippen molar-refractivity contribution in [2.75, 3.05) is 19.8 Å². The van der Waals surface area contributed by atoms with Crippen LogP contribution in [-0.4, -0.2) is 37.7 Å². The molecule has 136 valence electrons. The Hall–Kier alpha value is -2.44. The van der Waals surface area contributed by atoms with E-state index in [0.717, 1.165) is 30.6 Å². The zero-order valence-electron chi connectivity index (χ0n) is 14.5. The highest BCUT2D eigenvalue weighted by atomic mass is 16.5. The van der Waals surface area contributed by atoms with Crippen molar-refractivity contribution in [3.63, 3.8) is 0 Å². The highest BCUT2D eigenvalue weighted by Gasteiger charge is 2.23. The highest BCUT2D eigenvalue weighted by Crippen LogP contribution is 2.32. The first-order valence-corrected chi connectivity index (χ1v) is 8.88. The van der Waals surface area contributed by atoms with Crippen molar-refractivity contribution in [2.24, 2.45) is 0 Å². The van der Waals surface area contributed by atoms with Gasteiger partial charge in [-0.05, 0) is 43.9 Å². The average molecular weight is 347 g/mol. The van der Waals surface area contributed by atoms with Gasteiger partial charge in [0.2, 0.25) is 5.91 Å². The molecule has 7 nitrogen and oxygen atoms in total. The molecule has 0 aliphatic carbocycles. The second kappa shape index (κ2) is 8.09. The van der Waals surface area contributed by atoms with Crippen LogP contribution in [0, 0.1) is 0 Å². The molecule has 1 saturated heterocycles. The topological polar surface area (TPSA) is 88.7 Å². The predicted octanol–water partition coefficient (Wildman–Crippen LogP) is 1.88. The number of urea groups is 1. The molecule has 0 radical (unpaired) electrons. The van der Waals surface area contributed by atoms with Gasteiger partial charge in [-0.25, -0.2) is 4.79 Å². The number of carbonyl (C=O) groups is 2. The molecule has 7 heteroatoms. The van der Waals surface area contributed by atoms with E-state index in [1.165, 1.54) is 0 Å². The molecule has 2 aliphatic heterocycles. The van der Waals surface area contributed by atoms with Crippen LogP contribution in [0.1, 0.15) is 44.2 Å². The summed E-state index contributed by atoms with van der Waals surface area (Å²) in [5.74, 6) is 1.32. The Bertz CT molecular complexity index is 635. The Balaban J connectivity index is 1.59. The van der Waals surface area contributed by atoms with Crippen molar-refractivity contribution in [3.05, 3.63) is 23.8 Å². The average Bonchev–Trinajstić information content (AvgIpc) is 2.95. The van der Waals surface area contributed by atoms with Gasteiger partial charge in [0.1, 0.15) is 6.04 Å². The number of fused-ring (bicyclic) bond motifs is 1. The lowest BCUT2D eigenvalue weighted by Crippen LogP contribution is -2.49. The quantitative estimate of drug-likeness (QED) is 0.779. The van der Waals surface area contributed by atoms with Gasteiger partial charge < -0.3 is 25.4 Å². The van der Waals surface area contributed by atoms with E-state index in [-0.39, 0.29) is 18.0 Å². The number of carbonyl (C=O) groups excluding carboxylic acids is 2. The third-order valence-corrected chi connectivity index (χ3v) is 4.46. The summed E-state index contributed by atoms with van der Waals surface area (Å²) in [6.07, 6.45) is 3.38. The molecule has 2 heterocycles. The molecular weight excluding hydrogens is 322 g/mol. The number of rotatable bonds is 3. The van der Waals surface area contributed by atoms with Crippen LogP contribution in [0.15, 0.2) is 18.2 Å². The van der Waals surface area contributed by atoms with Crippen LogP contribution in [0.2, 0.25) is 0 Å². The van der Waals surface area contributed by atoms with Crippen molar-refractivity contribution in [2.45, 2.75) is 44.7 Å². The van der Waals surface area contributed by atoms with E-state index in [4.69, 9.17) is 9.47 Å². The normalized spacial score (nSPS) is 21.3. The van der Waals surface area contributed by atoms with Crippen LogP contribution in [0.5, 0.6) is 11.5 Å². The van der Waals surface area contributed by atoms with E-state index in [2.05, 4.69) is 16.0 Å². The van der Waals surface area contributed by atoms with Gasteiger partial charge in [0.05, 0.1) is 19.3 Å². The number of nitrogens with one attached hydrogen (secondary N) is 3. The van der Waals surface area contributed by atoms with Gasteiger partial charge in [0.25, 0.3) is 0 Å². The third-order valence-electron chi connectivity index (χ3n) is 4.46. The molecule has 3 N–H and O–H groups in total. The maximum Gasteiger partial charge on any atom is 0.315 e. The van der Waals surface area contributed by atoms with E-state index in [1.807, 2.05) is 25.1 Å². The van der Waals surface area contributed by atoms with Gasteiger partial charge in [-0.3, -0.25) is 4.79 Å². The summed E-state index contributed by atoms with van der Waals surface area (Å²) in [6.45, 7) is 3.83. The van der Waals surface area contributed by atoms with E-state index < -0.39 is 6.04 Å². The Morgan fingerprint density at radius 1 is 1.20 bits per heavy atom. The van der Waals surface area contributed by atoms with Crippen LogP contribution >= 0.6 is 0 Å². The molecule has 2 aliphatic rings. The molecule has 0 spiro atoms. The van der Waals surface area contributed by atoms with Gasteiger partial charge in [0.15, 0.2) is 11.5 Å². The van der Waals surface area contributed by atoms with Crippen LogP contribution in [-0.2, 0) is 4.79 Å². The van der Waals surface area contributed by atoms with Crippen molar-refractivity contribution >= 4 is 11.9 Å². The fourth-order valence-electron chi connectivity index (χ4n) is 3.01. The Kier molecular flexibility index (Phi) is 5.63. The van der Waals surface area contributed by atoms with Gasteiger partial charge >= 0.3 is 6.03 Å². The third kappa shape index (κ3) is 4.55. The second-order valence-electron chi connectivity index (χ2n) is 6.44. The number of hydrogen-bond donors (Lipinski definition) is 3. The summed E-state index contributed by atoms with van der Waals surface area (Å²) in [5.41, 5.74) is 0.921. The monoisotopic (exact) mass is 347 g/mol. The zero-order chi connectivity index (χ0) is 17.6. The van der Waals surface area contributed by atoms with Gasteiger partial charge in [-0.15, -0.1) is 0 Å². The minimum atomic E-state index is -0.474. The van der Waals surface area contributed by atoms with Crippen LogP contribution in [0.25, 0.3) is 0 Å². The molecule has 3 amide bonds. The van der Waals surface area contributed by atoms with Gasteiger partial charge in [0, 0.05) is 13.0 Å². The number of hydrogen-bond acceptors (Lipinski definition) is 4. The van der Waals surface area contributed by atoms with E-state index in [0.29, 0.717) is 31.9 Å². The summed E-state index contributed by atoms with van der Waals surface area (Å²) in [6, 6.07) is 4.64. The lowest BCUT2D eigenvalue weighted by molar-refractivity contribution is -0.122. The number of ether oxygens (including phenoxy) is 2. The Labute approximate surface area is 147 Å². The standard InChI is InChI=1S/C18H25N3O4/c1-12(13-6-7-15-16(11-13)25-10-4-9-24-15)20-18(23)21-14-5-2-3-8-19-17(14)22/h6-7,11-12,14H,2-5,8-10H2,1H3,(H,19,22)(H2,20,21,23)/t12-,14-/m0/s1. The summed E-state index contributed by atoms with van der Waals surface area (Å²) in [7, 11) is 0. The van der Waals surface area contributed by atoms with Crippen molar-refractivity contribution in [3.8, 4) is 11.5 Å². The molecule has 1 aromatic rings. The molecule has 0 bridgehead atoms. The van der Waals surface area contributed by atoms with Crippen LogP contribution in [0.4, 0.5) is 4.79 Å². The second-order valence-corrected chi connectivity index (χ2v) is 6.44. The minimum Gasteiger partial charge on any atom is -0.490 e. The largest absolute Gasteiger partial charge is 0.490 e. The Morgan fingerprint density at radius 2 is 2.00 bits per heavy atom. The maximum atomic E-state index is 12.2. The molecule has 0 saturated carbocycles. The fourth-order valence-corrected chi connectivity index (χ4v) is 3.01. The first-order chi connectivity index (χ1) is 12.1. The number of benzene rings is 1. The molecule has 1 aromatic carbocycles. The lowest BCUT2D eigenvalue weighted by Gasteiger charge is -2.20. The SMILES string of the molecule is C[C@H](NC(=O)N[C@H]1CCCCNC1=O)c1ccc2c(c1)OCCCO2. The molecule has 0 unspecified atom stereocenters. The molecular formula is C18H25N3O4. The van der Waals surface area contributed by atoms with Crippen LogP contribution < -0.4 is 25.4 Å². The van der Waals surface area contributed by atoms with E-state index in [9.17, 15) is 9.59 Å². The maximum absolute atomic E-state index is 12.2. The minimum absolute atomic E-state index is 0.115. The zero-order valence-corrected chi connectivity index (χ0v) is 14.5. The van der Waals surface area contributed by atoms with Crippen molar-refractivity contribution in [1.29, 1.82) is 0 Å². The van der Waals surface area contributed by atoms with E-state index >= 15 is 0 Å². The van der Waals surface area contributed by atoms with Gasteiger partial charge in [-0.1, -0.05) is 6.07 Å². The van der Waals surface area contributed by atoms with Crippen molar-refractivity contribution in [1.82, 2.24) is 16.0 Å². The Morgan fingerprint density at radius 3 is 2.84 bits per heavy atom. The molecule has 3 rings (SSSR count). The molecule has 0 aromatic heterocycles. The summed E-state index contributed by atoms with van der Waals surface area (Å²) in [5, 5.41) is 8.46. The lowest BCUT2D eigenvalue weighted by atomic mass is 10.1. The first kappa shape index (κ1) is 17.4. The first-order valence-electron chi connectivity index (χ1n) is 8.88. The number of amides is 3. The van der Waals surface area contributed by atoms with Crippen LogP contribution in [0.3, 0.4) is 0 Å². The summed E-state index contributed by atoms with van der Waals surface area (Å²) in [4.78, 5) is 24.2. The molecule has 1 fully saturated rings. The summed E-state index contributed by atoms with van der Waals surface area (Å²) >= 11 is 0. The van der Waals surface area contributed by atoms with E-state index in [1.54, 1.807) is 0 Å². The van der Waals surface area contributed by atoms with Gasteiger partial charge in [-0.2, -0.15) is 0 Å². The highest BCUT2D eigenvalue weighted by molar-refractivity contribution is 5.87. The predicted molar refractivity (Wildman–Crippen MR) is 92.8 cm³/mol. The smallest absolute Gasteiger partial charge is 0.315 e. The summed E-state index contributed by atoms with van der Waals surface area (Å²) < 4.78 is 11.3. The molecule has 2 atom stereocenters. The molecule has 25 heavy (non-hydrogen) atoms.